The lowest BCUT2D eigenvalue weighted by atomic mass is 9.82. The first-order valence-corrected chi connectivity index (χ1v) is 7.55. The Bertz CT molecular complexity index is 1040. The van der Waals surface area contributed by atoms with E-state index in [-0.39, 0.29) is 33.4 Å². The molecule has 5 nitrogen and oxygen atoms in total. The predicted molar refractivity (Wildman–Crippen MR) is 92.8 cm³/mol. The van der Waals surface area contributed by atoms with Gasteiger partial charge in [0.05, 0.1) is 5.39 Å². The quantitative estimate of drug-likeness (QED) is 0.377. The molecule has 0 saturated carbocycles. The average molecular weight is 326 g/mol. The number of benzene rings is 2. The number of hydrogen-bond donors (Lipinski definition) is 3. The molecule has 5 heteroatoms. The van der Waals surface area contributed by atoms with Crippen molar-refractivity contribution in [3.63, 3.8) is 0 Å². The minimum atomic E-state index is -0.563. The third-order valence-corrected chi connectivity index (χ3v) is 4.18. The first-order valence-electron chi connectivity index (χ1n) is 7.55. The summed E-state index contributed by atoms with van der Waals surface area (Å²) in [4.78, 5) is 12.8. The van der Waals surface area contributed by atoms with Gasteiger partial charge in [0.1, 0.15) is 11.0 Å². The van der Waals surface area contributed by atoms with Crippen LogP contribution in [0.3, 0.4) is 0 Å². The summed E-state index contributed by atoms with van der Waals surface area (Å²) in [5.74, 6) is -1.07. The third kappa shape index (κ3) is 2.21. The van der Waals surface area contributed by atoms with Gasteiger partial charge in [0.2, 0.25) is 5.43 Å². The first-order chi connectivity index (χ1) is 11.3. The molecule has 3 aromatic rings. The van der Waals surface area contributed by atoms with Crippen LogP contribution in [0.1, 0.15) is 26.3 Å². The maximum absolute atomic E-state index is 12.8. The molecule has 24 heavy (non-hydrogen) atoms. The molecule has 3 N–H and O–H groups in total. The maximum Gasteiger partial charge on any atom is 0.204 e. The zero-order chi connectivity index (χ0) is 17.6. The molecule has 124 valence electrons. The molecule has 0 atom stereocenters. The van der Waals surface area contributed by atoms with E-state index in [0.29, 0.717) is 5.56 Å². The van der Waals surface area contributed by atoms with Crippen molar-refractivity contribution in [2.45, 2.75) is 26.2 Å². The number of phenols is 3. The fraction of sp³-hybridized carbons (Fsp3) is 0.211. The number of fused-ring (bicyclic) bond motifs is 2. The smallest absolute Gasteiger partial charge is 0.204 e. The lowest BCUT2D eigenvalue weighted by Gasteiger charge is -2.23. The molecule has 0 spiro atoms. The SMILES string of the molecule is CC=CC(C)(C)c1cc(O)c(O)c2c(=O)c3cccc(O)c3oc12. The molecule has 0 unspecified atom stereocenters. The van der Waals surface area contributed by atoms with Gasteiger partial charge in [-0.05, 0) is 25.1 Å². The first kappa shape index (κ1) is 15.9. The maximum atomic E-state index is 12.8. The van der Waals surface area contributed by atoms with E-state index < -0.39 is 16.6 Å². The predicted octanol–water partition coefficient (Wildman–Crippen LogP) is 3.92. The summed E-state index contributed by atoms with van der Waals surface area (Å²) in [5, 5.41) is 30.3. The lowest BCUT2D eigenvalue weighted by molar-refractivity contribution is 0.405. The summed E-state index contributed by atoms with van der Waals surface area (Å²) in [7, 11) is 0. The number of rotatable bonds is 2. The van der Waals surface area contributed by atoms with E-state index >= 15 is 0 Å². The molecule has 0 radical (unpaired) electrons. The Labute approximate surface area is 138 Å². The highest BCUT2D eigenvalue weighted by Gasteiger charge is 2.27. The van der Waals surface area contributed by atoms with Gasteiger partial charge in [0, 0.05) is 11.0 Å². The summed E-state index contributed by atoms with van der Waals surface area (Å²) in [5.41, 5.74) is -0.335. The van der Waals surface area contributed by atoms with Crippen molar-refractivity contribution in [1.82, 2.24) is 0 Å². The second-order valence-corrected chi connectivity index (χ2v) is 6.30. The van der Waals surface area contributed by atoms with E-state index in [1.807, 2.05) is 32.9 Å². The molecule has 1 heterocycles. The van der Waals surface area contributed by atoms with Crippen LogP contribution in [0.2, 0.25) is 0 Å². The average Bonchev–Trinajstić information content (AvgIpc) is 2.51. The van der Waals surface area contributed by atoms with Gasteiger partial charge in [0.25, 0.3) is 0 Å². The summed E-state index contributed by atoms with van der Waals surface area (Å²) in [6.07, 6.45) is 3.75. The molecular formula is C19H18O5. The van der Waals surface area contributed by atoms with Crippen LogP contribution in [0, 0.1) is 0 Å². The summed E-state index contributed by atoms with van der Waals surface area (Å²) in [6, 6.07) is 5.83. The van der Waals surface area contributed by atoms with E-state index in [0.717, 1.165) is 0 Å². The van der Waals surface area contributed by atoms with Crippen molar-refractivity contribution in [2.24, 2.45) is 0 Å². The molecular weight excluding hydrogens is 308 g/mol. The van der Waals surface area contributed by atoms with Gasteiger partial charge < -0.3 is 19.7 Å². The zero-order valence-corrected chi connectivity index (χ0v) is 13.6. The van der Waals surface area contributed by atoms with Crippen LogP contribution < -0.4 is 5.43 Å². The molecule has 2 aromatic carbocycles. The van der Waals surface area contributed by atoms with Crippen LogP contribution in [0.15, 0.2) is 45.6 Å². The molecule has 0 amide bonds. The Morgan fingerprint density at radius 2 is 1.79 bits per heavy atom. The Morgan fingerprint density at radius 1 is 1.08 bits per heavy atom. The molecule has 0 saturated heterocycles. The zero-order valence-electron chi connectivity index (χ0n) is 13.6. The Kier molecular flexibility index (Phi) is 3.52. The molecule has 0 aliphatic heterocycles. The van der Waals surface area contributed by atoms with E-state index in [4.69, 9.17) is 4.42 Å². The van der Waals surface area contributed by atoms with Crippen molar-refractivity contribution < 1.29 is 19.7 Å². The van der Waals surface area contributed by atoms with Gasteiger partial charge in [-0.25, -0.2) is 0 Å². The van der Waals surface area contributed by atoms with Crippen molar-refractivity contribution in [2.75, 3.05) is 0 Å². The third-order valence-electron chi connectivity index (χ3n) is 4.18. The Morgan fingerprint density at radius 3 is 2.46 bits per heavy atom. The van der Waals surface area contributed by atoms with E-state index in [1.54, 1.807) is 0 Å². The largest absolute Gasteiger partial charge is 0.504 e. The van der Waals surface area contributed by atoms with Gasteiger partial charge in [0.15, 0.2) is 22.8 Å². The van der Waals surface area contributed by atoms with Gasteiger partial charge in [-0.15, -0.1) is 0 Å². The number of para-hydroxylation sites is 1. The number of aromatic hydroxyl groups is 3. The highest BCUT2D eigenvalue weighted by Crippen LogP contribution is 2.41. The summed E-state index contributed by atoms with van der Waals surface area (Å²) < 4.78 is 5.80. The van der Waals surface area contributed by atoms with Gasteiger partial charge in [-0.1, -0.05) is 32.1 Å². The fourth-order valence-corrected chi connectivity index (χ4v) is 2.99. The number of phenolic OH excluding ortho intramolecular Hbond substituents is 3. The fourth-order valence-electron chi connectivity index (χ4n) is 2.99. The van der Waals surface area contributed by atoms with Crippen molar-refractivity contribution in [3.05, 3.63) is 52.2 Å². The number of allylic oxidation sites excluding steroid dienone is 2. The minimum Gasteiger partial charge on any atom is -0.504 e. The Hall–Kier alpha value is -2.95. The van der Waals surface area contributed by atoms with Gasteiger partial charge in [-0.3, -0.25) is 4.79 Å². The van der Waals surface area contributed by atoms with E-state index in [9.17, 15) is 20.1 Å². The van der Waals surface area contributed by atoms with Crippen LogP contribution in [0.4, 0.5) is 0 Å². The van der Waals surface area contributed by atoms with Crippen molar-refractivity contribution in [1.29, 1.82) is 0 Å². The highest BCUT2D eigenvalue weighted by molar-refractivity contribution is 5.98. The Balaban J connectivity index is 2.61. The topological polar surface area (TPSA) is 90.9 Å². The standard InChI is InChI=1S/C19H18O5/c1-4-8-19(2,3)11-9-13(21)16(23)14-15(22)10-6-5-7-12(20)17(10)24-18(11)14/h4-9,20-21,23H,1-3H3. The van der Waals surface area contributed by atoms with Crippen molar-refractivity contribution >= 4 is 21.9 Å². The van der Waals surface area contributed by atoms with Crippen LogP contribution in [0.25, 0.3) is 21.9 Å². The second kappa shape index (κ2) is 5.30. The summed E-state index contributed by atoms with van der Waals surface area (Å²) >= 11 is 0. The summed E-state index contributed by atoms with van der Waals surface area (Å²) in [6.45, 7) is 5.65. The van der Waals surface area contributed by atoms with Crippen LogP contribution >= 0.6 is 0 Å². The van der Waals surface area contributed by atoms with Gasteiger partial charge >= 0.3 is 0 Å². The normalized spacial score (nSPS) is 12.5. The van der Waals surface area contributed by atoms with E-state index in [2.05, 4.69) is 0 Å². The molecule has 0 aliphatic carbocycles. The molecule has 0 aliphatic rings. The monoisotopic (exact) mass is 326 g/mol. The molecule has 3 rings (SSSR count). The second-order valence-electron chi connectivity index (χ2n) is 6.30. The highest BCUT2D eigenvalue weighted by atomic mass is 16.4. The van der Waals surface area contributed by atoms with Crippen molar-refractivity contribution in [3.8, 4) is 17.2 Å². The minimum absolute atomic E-state index is 0.0533. The van der Waals surface area contributed by atoms with Crippen LogP contribution in [0.5, 0.6) is 17.2 Å². The van der Waals surface area contributed by atoms with Crippen LogP contribution in [-0.4, -0.2) is 15.3 Å². The molecule has 1 aromatic heterocycles. The number of hydrogen-bond acceptors (Lipinski definition) is 5. The molecule has 0 fully saturated rings. The van der Waals surface area contributed by atoms with E-state index in [1.165, 1.54) is 24.3 Å². The van der Waals surface area contributed by atoms with Gasteiger partial charge in [-0.2, -0.15) is 0 Å². The van der Waals surface area contributed by atoms with Crippen LogP contribution in [-0.2, 0) is 5.41 Å². The lowest BCUT2D eigenvalue weighted by Crippen LogP contribution is -2.15. The molecule has 0 bridgehead atoms.